The van der Waals surface area contributed by atoms with Crippen LogP contribution in [0.15, 0.2) is 4.79 Å². The van der Waals surface area contributed by atoms with Crippen LogP contribution in [-0.2, 0) is 17.6 Å². The minimum Gasteiger partial charge on any atom is -0.378 e. The molecule has 2 aliphatic rings. The van der Waals surface area contributed by atoms with E-state index in [2.05, 4.69) is 11.9 Å². The van der Waals surface area contributed by atoms with Gasteiger partial charge in [-0.1, -0.05) is 0 Å². The number of nitrogens with zero attached hydrogens (tertiary/aromatic N) is 1. The Balaban J connectivity index is 1.93. The summed E-state index contributed by atoms with van der Waals surface area (Å²) in [4.78, 5) is 18.6. The molecule has 0 bridgehead atoms. The predicted molar refractivity (Wildman–Crippen MR) is 87.0 cm³/mol. The van der Waals surface area contributed by atoms with Crippen LogP contribution in [0.5, 0.6) is 0 Å². The lowest BCUT2D eigenvalue weighted by Crippen LogP contribution is -2.33. The number of aromatic amines is 1. The lowest BCUT2D eigenvalue weighted by atomic mass is 10.0. The van der Waals surface area contributed by atoms with Crippen molar-refractivity contribution in [3.8, 4) is 0 Å². The zero-order valence-corrected chi connectivity index (χ0v) is 13.6. The van der Waals surface area contributed by atoms with Gasteiger partial charge in [-0.25, -0.2) is 0 Å². The summed E-state index contributed by atoms with van der Waals surface area (Å²) in [5.74, 6) is 0. The number of aryl methyl sites for hydroxylation is 2. The van der Waals surface area contributed by atoms with Gasteiger partial charge in [0.05, 0.1) is 11.5 Å². The maximum absolute atomic E-state index is 13.0. The Morgan fingerprint density at radius 2 is 2.29 bits per heavy atom. The SMILES string of the molecule is CC1CC(n2c(=S)[nH]c3sc4c(c3c2=O)CCC4)CCO1. The summed E-state index contributed by atoms with van der Waals surface area (Å²) in [5.41, 5.74) is 1.37. The fourth-order valence-corrected chi connectivity index (χ4v) is 5.31. The first-order valence-electron chi connectivity index (χ1n) is 7.56. The monoisotopic (exact) mass is 322 g/mol. The van der Waals surface area contributed by atoms with Crippen LogP contribution in [0.1, 0.15) is 42.7 Å². The van der Waals surface area contributed by atoms with Gasteiger partial charge in [0.1, 0.15) is 4.83 Å². The molecule has 2 unspecified atom stereocenters. The number of aromatic nitrogens is 2. The normalized spacial score (nSPS) is 25.4. The fraction of sp³-hybridized carbons (Fsp3) is 0.600. The molecule has 4 rings (SSSR count). The molecule has 21 heavy (non-hydrogen) atoms. The van der Waals surface area contributed by atoms with E-state index in [-0.39, 0.29) is 17.7 Å². The van der Waals surface area contributed by atoms with Gasteiger partial charge in [0.15, 0.2) is 4.77 Å². The molecule has 6 heteroatoms. The van der Waals surface area contributed by atoms with Crippen LogP contribution in [0, 0.1) is 4.77 Å². The van der Waals surface area contributed by atoms with Crippen molar-refractivity contribution >= 4 is 33.8 Å². The number of hydrogen-bond acceptors (Lipinski definition) is 4. The fourth-order valence-electron chi connectivity index (χ4n) is 3.63. The molecule has 1 fully saturated rings. The number of hydrogen-bond donors (Lipinski definition) is 1. The van der Waals surface area contributed by atoms with E-state index < -0.39 is 0 Å². The van der Waals surface area contributed by atoms with Gasteiger partial charge in [-0.2, -0.15) is 0 Å². The lowest BCUT2D eigenvalue weighted by Gasteiger charge is -2.28. The number of rotatable bonds is 1. The van der Waals surface area contributed by atoms with Crippen LogP contribution in [0.4, 0.5) is 0 Å². The molecular formula is C15H18N2O2S2. The van der Waals surface area contributed by atoms with Gasteiger partial charge in [0.25, 0.3) is 5.56 Å². The van der Waals surface area contributed by atoms with Crippen LogP contribution in [0.3, 0.4) is 0 Å². The van der Waals surface area contributed by atoms with Crippen molar-refractivity contribution < 1.29 is 4.74 Å². The molecule has 0 aromatic carbocycles. The van der Waals surface area contributed by atoms with Crippen LogP contribution in [0.25, 0.3) is 10.2 Å². The molecule has 1 saturated heterocycles. The first-order chi connectivity index (χ1) is 10.1. The van der Waals surface area contributed by atoms with E-state index >= 15 is 0 Å². The first kappa shape index (κ1) is 13.7. The summed E-state index contributed by atoms with van der Waals surface area (Å²) in [6, 6.07) is 0.159. The molecule has 2 atom stereocenters. The van der Waals surface area contributed by atoms with Crippen LogP contribution in [-0.4, -0.2) is 22.3 Å². The summed E-state index contributed by atoms with van der Waals surface area (Å²) in [6.07, 6.45) is 5.20. The molecule has 4 nitrogen and oxygen atoms in total. The number of thiophene rings is 1. The Morgan fingerprint density at radius 1 is 1.43 bits per heavy atom. The van der Waals surface area contributed by atoms with Gasteiger partial charge in [0, 0.05) is 17.5 Å². The van der Waals surface area contributed by atoms with E-state index in [0.29, 0.717) is 11.4 Å². The third kappa shape index (κ3) is 2.12. The molecule has 0 radical (unpaired) electrons. The van der Waals surface area contributed by atoms with Crippen molar-refractivity contribution in [2.75, 3.05) is 6.61 Å². The van der Waals surface area contributed by atoms with E-state index in [9.17, 15) is 4.79 Å². The van der Waals surface area contributed by atoms with Crippen molar-refractivity contribution in [2.24, 2.45) is 0 Å². The zero-order valence-electron chi connectivity index (χ0n) is 12.0. The Kier molecular flexibility index (Phi) is 3.28. The van der Waals surface area contributed by atoms with E-state index in [1.807, 2.05) is 4.57 Å². The predicted octanol–water partition coefficient (Wildman–Crippen LogP) is 3.35. The van der Waals surface area contributed by atoms with E-state index in [1.165, 1.54) is 16.9 Å². The van der Waals surface area contributed by atoms with Gasteiger partial charge in [-0.15, -0.1) is 11.3 Å². The topological polar surface area (TPSA) is 47.0 Å². The minimum atomic E-state index is 0.104. The van der Waals surface area contributed by atoms with E-state index in [4.69, 9.17) is 17.0 Å². The smallest absolute Gasteiger partial charge is 0.263 e. The van der Waals surface area contributed by atoms with Crippen LogP contribution in [0.2, 0.25) is 0 Å². The Labute approximate surface area is 131 Å². The molecule has 1 aliphatic carbocycles. The molecule has 0 saturated carbocycles. The molecule has 2 aromatic heterocycles. The van der Waals surface area contributed by atoms with Gasteiger partial charge >= 0.3 is 0 Å². The second kappa shape index (κ2) is 5.04. The van der Waals surface area contributed by atoms with Crippen molar-refractivity contribution in [1.82, 2.24) is 9.55 Å². The summed E-state index contributed by atoms with van der Waals surface area (Å²) < 4.78 is 7.97. The second-order valence-electron chi connectivity index (χ2n) is 6.03. The summed E-state index contributed by atoms with van der Waals surface area (Å²) >= 11 is 7.18. The van der Waals surface area contributed by atoms with Crippen molar-refractivity contribution in [3.63, 3.8) is 0 Å². The van der Waals surface area contributed by atoms with Crippen LogP contribution < -0.4 is 5.56 Å². The standard InChI is InChI=1S/C15H18N2O2S2/c1-8-7-9(5-6-19-8)17-14(18)12-10-3-2-4-11(10)21-13(12)16-15(17)20/h8-9H,2-7H2,1H3,(H,16,20). The van der Waals surface area contributed by atoms with Crippen molar-refractivity contribution in [2.45, 2.75) is 51.2 Å². The van der Waals surface area contributed by atoms with Crippen LogP contribution >= 0.6 is 23.6 Å². The second-order valence-corrected chi connectivity index (χ2v) is 7.52. The van der Waals surface area contributed by atoms with Gasteiger partial charge in [0.2, 0.25) is 0 Å². The van der Waals surface area contributed by atoms with Crippen molar-refractivity contribution in [1.29, 1.82) is 0 Å². The Hall–Kier alpha value is -0.980. The average molecular weight is 322 g/mol. The number of nitrogens with one attached hydrogen (secondary N) is 1. The highest BCUT2D eigenvalue weighted by atomic mass is 32.1. The summed E-state index contributed by atoms with van der Waals surface area (Å²) in [5, 5.41) is 0.889. The average Bonchev–Trinajstić information content (AvgIpc) is 2.98. The molecule has 2 aromatic rings. The molecule has 1 aliphatic heterocycles. The molecule has 1 N–H and O–H groups in total. The molecule has 112 valence electrons. The van der Waals surface area contributed by atoms with E-state index in [0.717, 1.165) is 35.9 Å². The first-order valence-corrected chi connectivity index (χ1v) is 8.78. The maximum atomic E-state index is 13.0. The minimum absolute atomic E-state index is 0.104. The number of ether oxygens (including phenoxy) is 1. The molecular weight excluding hydrogens is 304 g/mol. The Morgan fingerprint density at radius 3 is 3.10 bits per heavy atom. The number of fused-ring (bicyclic) bond motifs is 3. The third-order valence-electron chi connectivity index (χ3n) is 4.62. The molecule has 0 amide bonds. The highest BCUT2D eigenvalue weighted by Gasteiger charge is 2.26. The number of H-pyrrole nitrogens is 1. The van der Waals surface area contributed by atoms with Gasteiger partial charge < -0.3 is 9.72 Å². The zero-order chi connectivity index (χ0) is 14.6. The third-order valence-corrected chi connectivity index (χ3v) is 6.12. The highest BCUT2D eigenvalue weighted by Crippen LogP contribution is 2.35. The van der Waals surface area contributed by atoms with Crippen molar-refractivity contribution in [3.05, 3.63) is 25.6 Å². The lowest BCUT2D eigenvalue weighted by molar-refractivity contribution is 0.00491. The Bertz CT molecular complexity index is 817. The largest absolute Gasteiger partial charge is 0.378 e. The van der Waals surface area contributed by atoms with Gasteiger partial charge in [-0.3, -0.25) is 9.36 Å². The molecule has 3 heterocycles. The van der Waals surface area contributed by atoms with E-state index in [1.54, 1.807) is 11.3 Å². The summed E-state index contributed by atoms with van der Waals surface area (Å²) in [6.45, 7) is 2.76. The maximum Gasteiger partial charge on any atom is 0.263 e. The highest BCUT2D eigenvalue weighted by molar-refractivity contribution is 7.71. The summed E-state index contributed by atoms with van der Waals surface area (Å²) in [7, 11) is 0. The molecule has 0 spiro atoms. The quantitative estimate of drug-likeness (QED) is 0.819. The van der Waals surface area contributed by atoms with Gasteiger partial charge in [-0.05, 0) is 56.8 Å².